The molecule has 0 unspecified atom stereocenters. The molecule has 0 aliphatic heterocycles. The minimum atomic E-state index is -0.845. The van der Waals surface area contributed by atoms with Gasteiger partial charge in [-0.25, -0.2) is 0 Å². The summed E-state index contributed by atoms with van der Waals surface area (Å²) in [6.07, 6.45) is -0.0194. The third kappa shape index (κ3) is 3.18. The highest BCUT2D eigenvalue weighted by atomic mass is 16.5. The number of carbonyl (C=O) groups is 1. The topological polar surface area (TPSA) is 60.7 Å². The van der Waals surface area contributed by atoms with Crippen LogP contribution in [0.2, 0.25) is 0 Å². The number of aromatic nitrogens is 1. The molecule has 0 fully saturated rings. The Morgan fingerprint density at radius 1 is 1.12 bits per heavy atom. The van der Waals surface area contributed by atoms with Crippen molar-refractivity contribution in [3.63, 3.8) is 0 Å². The average molecular weight is 339 g/mol. The molecule has 0 atom stereocenters. The smallest absolute Gasteiger partial charge is 0.307 e. The Hall–Kier alpha value is -2.95. The van der Waals surface area contributed by atoms with Crippen LogP contribution < -0.4 is 9.47 Å². The van der Waals surface area contributed by atoms with Crippen molar-refractivity contribution in [3.05, 3.63) is 59.3 Å². The predicted molar refractivity (Wildman–Crippen MR) is 96.7 cm³/mol. The standard InChI is InChI=1S/C20H21NO4/c1-13-16(11-20(22)23)17-10-15(24-2)8-9-18(17)21(13)12-14-6-4-5-7-19(14)25-3/h4-10H,11-12H2,1-3H3,(H,22,23). The van der Waals surface area contributed by atoms with Crippen molar-refractivity contribution in [2.75, 3.05) is 14.2 Å². The van der Waals surface area contributed by atoms with E-state index in [2.05, 4.69) is 4.57 Å². The Balaban J connectivity index is 2.17. The lowest BCUT2D eigenvalue weighted by atomic mass is 10.1. The van der Waals surface area contributed by atoms with E-state index < -0.39 is 5.97 Å². The zero-order valence-corrected chi connectivity index (χ0v) is 14.6. The van der Waals surface area contributed by atoms with Crippen molar-refractivity contribution in [2.24, 2.45) is 0 Å². The van der Waals surface area contributed by atoms with Gasteiger partial charge in [0, 0.05) is 22.2 Å². The first kappa shape index (κ1) is 16.9. The second kappa shape index (κ2) is 6.89. The molecule has 2 aromatic carbocycles. The van der Waals surface area contributed by atoms with Crippen LogP contribution in [-0.2, 0) is 17.8 Å². The highest BCUT2D eigenvalue weighted by molar-refractivity contribution is 5.90. The molecule has 5 nitrogen and oxygen atoms in total. The van der Waals surface area contributed by atoms with Gasteiger partial charge in [-0.1, -0.05) is 18.2 Å². The Labute approximate surface area is 146 Å². The van der Waals surface area contributed by atoms with E-state index in [4.69, 9.17) is 9.47 Å². The van der Waals surface area contributed by atoms with Gasteiger partial charge < -0.3 is 19.1 Å². The first-order valence-corrected chi connectivity index (χ1v) is 8.04. The van der Waals surface area contributed by atoms with Gasteiger partial charge in [0.05, 0.1) is 27.2 Å². The molecule has 3 aromatic rings. The number of aliphatic carboxylic acids is 1. The largest absolute Gasteiger partial charge is 0.497 e. The van der Waals surface area contributed by atoms with E-state index in [0.29, 0.717) is 12.3 Å². The molecule has 0 amide bonds. The maximum atomic E-state index is 11.3. The summed E-state index contributed by atoms with van der Waals surface area (Å²) in [6, 6.07) is 13.6. The first-order valence-electron chi connectivity index (χ1n) is 8.04. The van der Waals surface area contributed by atoms with Crippen molar-refractivity contribution in [2.45, 2.75) is 19.9 Å². The molecule has 1 N–H and O–H groups in total. The van der Waals surface area contributed by atoms with E-state index in [1.807, 2.05) is 49.4 Å². The van der Waals surface area contributed by atoms with Crippen molar-refractivity contribution in [1.29, 1.82) is 0 Å². The predicted octanol–water partition coefficient (Wildman–Crippen LogP) is 3.64. The minimum absolute atomic E-state index is 0.0194. The van der Waals surface area contributed by atoms with Gasteiger partial charge in [-0.05, 0) is 36.8 Å². The number of fused-ring (bicyclic) bond motifs is 1. The van der Waals surface area contributed by atoms with Gasteiger partial charge in [-0.3, -0.25) is 4.79 Å². The van der Waals surface area contributed by atoms with Crippen LogP contribution in [0.1, 0.15) is 16.8 Å². The Morgan fingerprint density at radius 3 is 2.56 bits per heavy atom. The number of ether oxygens (including phenoxy) is 2. The second-order valence-electron chi connectivity index (χ2n) is 5.92. The molecule has 25 heavy (non-hydrogen) atoms. The Bertz CT molecular complexity index is 927. The Morgan fingerprint density at radius 2 is 1.88 bits per heavy atom. The van der Waals surface area contributed by atoms with Gasteiger partial charge >= 0.3 is 5.97 Å². The molecule has 5 heteroatoms. The summed E-state index contributed by atoms with van der Waals surface area (Å²) in [5, 5.41) is 10.2. The third-order valence-corrected chi connectivity index (χ3v) is 4.51. The fourth-order valence-electron chi connectivity index (χ4n) is 3.24. The average Bonchev–Trinajstić information content (AvgIpc) is 2.87. The maximum absolute atomic E-state index is 11.3. The van der Waals surface area contributed by atoms with Crippen molar-refractivity contribution < 1.29 is 19.4 Å². The van der Waals surface area contributed by atoms with E-state index in [0.717, 1.165) is 33.5 Å². The quantitative estimate of drug-likeness (QED) is 0.745. The Kier molecular flexibility index (Phi) is 4.65. The monoisotopic (exact) mass is 339 g/mol. The van der Waals surface area contributed by atoms with Crippen LogP contribution in [0, 0.1) is 6.92 Å². The molecule has 130 valence electrons. The zero-order valence-electron chi connectivity index (χ0n) is 14.6. The molecule has 1 aromatic heterocycles. The van der Waals surface area contributed by atoms with Crippen LogP contribution in [0.5, 0.6) is 11.5 Å². The van der Waals surface area contributed by atoms with Crippen LogP contribution in [0.4, 0.5) is 0 Å². The number of para-hydroxylation sites is 1. The number of carboxylic acid groups (broad SMARTS) is 1. The van der Waals surface area contributed by atoms with E-state index in [9.17, 15) is 9.90 Å². The van der Waals surface area contributed by atoms with Crippen LogP contribution in [0.3, 0.4) is 0 Å². The van der Waals surface area contributed by atoms with Crippen molar-refractivity contribution in [1.82, 2.24) is 4.57 Å². The number of nitrogens with zero attached hydrogens (tertiary/aromatic N) is 1. The lowest BCUT2D eigenvalue weighted by molar-refractivity contribution is -0.136. The number of hydrogen-bond acceptors (Lipinski definition) is 3. The highest BCUT2D eigenvalue weighted by Crippen LogP contribution is 2.31. The second-order valence-corrected chi connectivity index (χ2v) is 5.92. The first-order chi connectivity index (χ1) is 12.0. The van der Waals surface area contributed by atoms with Gasteiger partial charge in [0.25, 0.3) is 0 Å². The molecule has 0 bridgehead atoms. The fraction of sp³-hybridized carbons (Fsp3) is 0.250. The molecular formula is C20H21NO4. The molecule has 0 aliphatic carbocycles. The summed E-state index contributed by atoms with van der Waals surface area (Å²) >= 11 is 0. The lowest BCUT2D eigenvalue weighted by Crippen LogP contribution is -2.06. The third-order valence-electron chi connectivity index (χ3n) is 4.51. The van der Waals surface area contributed by atoms with Gasteiger partial charge in [0.15, 0.2) is 0 Å². The van der Waals surface area contributed by atoms with E-state index >= 15 is 0 Å². The molecule has 1 heterocycles. The lowest BCUT2D eigenvalue weighted by Gasteiger charge is -2.12. The van der Waals surface area contributed by atoms with E-state index in [1.54, 1.807) is 14.2 Å². The molecule has 0 radical (unpaired) electrons. The van der Waals surface area contributed by atoms with Crippen LogP contribution in [0.25, 0.3) is 10.9 Å². The molecular weight excluding hydrogens is 318 g/mol. The number of hydrogen-bond donors (Lipinski definition) is 1. The summed E-state index contributed by atoms with van der Waals surface area (Å²) < 4.78 is 12.9. The SMILES string of the molecule is COc1ccc2c(c1)c(CC(=O)O)c(C)n2Cc1ccccc1OC. The van der Waals surface area contributed by atoms with Gasteiger partial charge in [-0.15, -0.1) is 0 Å². The van der Waals surface area contributed by atoms with E-state index in [1.165, 1.54) is 0 Å². The van der Waals surface area contributed by atoms with Crippen LogP contribution in [-0.4, -0.2) is 29.9 Å². The van der Waals surface area contributed by atoms with Crippen LogP contribution in [0.15, 0.2) is 42.5 Å². The molecule has 0 aliphatic rings. The number of carboxylic acids is 1. The highest BCUT2D eigenvalue weighted by Gasteiger charge is 2.18. The maximum Gasteiger partial charge on any atom is 0.307 e. The molecule has 3 rings (SSSR count). The summed E-state index contributed by atoms with van der Waals surface area (Å²) in [5.74, 6) is 0.688. The summed E-state index contributed by atoms with van der Waals surface area (Å²) in [6.45, 7) is 2.57. The van der Waals surface area contributed by atoms with Gasteiger partial charge in [0.2, 0.25) is 0 Å². The normalized spacial score (nSPS) is 10.8. The van der Waals surface area contributed by atoms with Gasteiger partial charge in [-0.2, -0.15) is 0 Å². The van der Waals surface area contributed by atoms with Gasteiger partial charge in [0.1, 0.15) is 11.5 Å². The zero-order chi connectivity index (χ0) is 18.0. The van der Waals surface area contributed by atoms with Crippen LogP contribution >= 0.6 is 0 Å². The number of methoxy groups -OCH3 is 2. The summed E-state index contributed by atoms with van der Waals surface area (Å²) in [4.78, 5) is 11.3. The molecule has 0 saturated carbocycles. The number of rotatable bonds is 6. The minimum Gasteiger partial charge on any atom is -0.497 e. The van der Waals surface area contributed by atoms with E-state index in [-0.39, 0.29) is 6.42 Å². The molecule has 0 spiro atoms. The number of benzene rings is 2. The summed E-state index contributed by atoms with van der Waals surface area (Å²) in [7, 11) is 3.26. The molecule has 0 saturated heterocycles. The van der Waals surface area contributed by atoms with Crippen molar-refractivity contribution >= 4 is 16.9 Å². The fourth-order valence-corrected chi connectivity index (χ4v) is 3.24. The summed E-state index contributed by atoms with van der Waals surface area (Å²) in [5.41, 5.74) is 3.79. The van der Waals surface area contributed by atoms with Crippen molar-refractivity contribution in [3.8, 4) is 11.5 Å².